The number of esters is 2. The Hall–Kier alpha value is -1.50. The van der Waals surface area contributed by atoms with Gasteiger partial charge in [-0.05, 0) is 12.8 Å². The summed E-state index contributed by atoms with van der Waals surface area (Å²) in [4.78, 5) is 25.2. The second-order valence-electron chi connectivity index (χ2n) is 14.5. The van der Waals surface area contributed by atoms with Gasteiger partial charge in [-0.3, -0.25) is 9.59 Å². The van der Waals surface area contributed by atoms with Gasteiger partial charge in [-0.1, -0.05) is 110 Å². The van der Waals surface area contributed by atoms with Crippen LogP contribution < -0.4 is 0 Å². The van der Waals surface area contributed by atoms with Crippen molar-refractivity contribution in [1.82, 2.24) is 0 Å². The fraction of sp³-hybridized carbons (Fsp3) is 0.947. The maximum atomic E-state index is 12.8. The van der Waals surface area contributed by atoms with Crippen LogP contribution in [0.2, 0.25) is 0 Å². The molecule has 15 nitrogen and oxygen atoms in total. The van der Waals surface area contributed by atoms with Crippen LogP contribution in [0.3, 0.4) is 0 Å². The van der Waals surface area contributed by atoms with E-state index in [1.807, 2.05) is 0 Å². The van der Waals surface area contributed by atoms with Crippen molar-refractivity contribution in [3.8, 4) is 0 Å². The summed E-state index contributed by atoms with van der Waals surface area (Å²) in [5.74, 6) is -0.936. The van der Waals surface area contributed by atoms with E-state index >= 15 is 0 Å². The maximum Gasteiger partial charge on any atom is 0.306 e. The maximum absolute atomic E-state index is 12.8. The van der Waals surface area contributed by atoms with Crippen LogP contribution in [0.1, 0.15) is 136 Å². The summed E-state index contributed by atoms with van der Waals surface area (Å²) in [6.45, 7) is 2.45. The topological polar surface area (TPSA) is 231 Å². The molecule has 2 heterocycles. The molecule has 0 aromatic carbocycles. The molecule has 0 radical (unpaired) electrons. The summed E-state index contributed by atoms with van der Waals surface area (Å²) >= 11 is 0. The van der Waals surface area contributed by atoms with Crippen molar-refractivity contribution >= 4 is 11.9 Å². The highest BCUT2D eigenvalue weighted by Crippen LogP contribution is 2.26. The van der Waals surface area contributed by atoms with Crippen molar-refractivity contribution in [1.29, 1.82) is 0 Å². The molecule has 0 amide bonds. The highest BCUT2D eigenvalue weighted by molar-refractivity contribution is 5.70. The van der Waals surface area contributed by atoms with E-state index in [0.29, 0.717) is 12.8 Å². The van der Waals surface area contributed by atoms with Crippen LogP contribution >= 0.6 is 0 Å². The average Bonchev–Trinajstić information content (AvgIpc) is 3.15. The first-order valence-electron chi connectivity index (χ1n) is 20.1. The predicted molar refractivity (Wildman–Crippen MR) is 192 cm³/mol. The number of aliphatic hydroxyl groups is 7. The molecular formula is C38H70O15. The highest BCUT2D eigenvalue weighted by Gasteiger charge is 2.47. The van der Waals surface area contributed by atoms with E-state index in [4.69, 9.17) is 28.4 Å². The monoisotopic (exact) mass is 766 g/mol. The molecular weight excluding hydrogens is 696 g/mol. The van der Waals surface area contributed by atoms with Gasteiger partial charge in [0.25, 0.3) is 0 Å². The molecule has 0 aromatic heterocycles. The zero-order valence-electron chi connectivity index (χ0n) is 32.0. The van der Waals surface area contributed by atoms with Crippen molar-refractivity contribution in [3.05, 3.63) is 0 Å². The van der Waals surface area contributed by atoms with Crippen molar-refractivity contribution in [2.45, 2.75) is 203 Å². The molecule has 11 atom stereocenters. The molecule has 53 heavy (non-hydrogen) atoms. The molecule has 0 aliphatic carbocycles. The quantitative estimate of drug-likeness (QED) is 0.0429. The van der Waals surface area contributed by atoms with E-state index in [1.54, 1.807) is 0 Å². The smallest absolute Gasteiger partial charge is 0.306 e. The number of carbonyl (C=O) groups is 2. The Balaban J connectivity index is 1.88. The molecule has 312 valence electrons. The van der Waals surface area contributed by atoms with Gasteiger partial charge in [0, 0.05) is 12.8 Å². The third kappa shape index (κ3) is 18.3. The number of unbranched alkanes of at least 4 members (excludes halogenated alkanes) is 15. The molecule has 15 heteroatoms. The number of hydrogen-bond donors (Lipinski definition) is 7. The number of hydrogen-bond acceptors (Lipinski definition) is 15. The second-order valence-corrected chi connectivity index (χ2v) is 14.5. The van der Waals surface area contributed by atoms with Crippen molar-refractivity contribution in [2.75, 3.05) is 26.4 Å². The van der Waals surface area contributed by atoms with E-state index < -0.39 is 92.7 Å². The fourth-order valence-electron chi connectivity index (χ4n) is 6.39. The van der Waals surface area contributed by atoms with E-state index in [0.717, 1.165) is 44.9 Å². The summed E-state index contributed by atoms with van der Waals surface area (Å²) in [5, 5.41) is 71.4. The molecule has 7 N–H and O–H groups in total. The third-order valence-corrected chi connectivity index (χ3v) is 9.84. The zero-order chi connectivity index (χ0) is 39.0. The van der Waals surface area contributed by atoms with Gasteiger partial charge in [-0.25, -0.2) is 0 Å². The van der Waals surface area contributed by atoms with Gasteiger partial charge in [0.2, 0.25) is 0 Å². The van der Waals surface area contributed by atoms with Crippen molar-refractivity contribution in [2.24, 2.45) is 0 Å². The van der Waals surface area contributed by atoms with Gasteiger partial charge in [0.15, 0.2) is 18.7 Å². The Kier molecular flexibility index (Phi) is 25.2. The third-order valence-electron chi connectivity index (χ3n) is 9.84. The molecule has 0 bridgehead atoms. The van der Waals surface area contributed by atoms with Crippen LogP contribution in [0.15, 0.2) is 0 Å². The van der Waals surface area contributed by atoms with Gasteiger partial charge in [-0.15, -0.1) is 0 Å². The average molecular weight is 767 g/mol. The van der Waals surface area contributed by atoms with Crippen molar-refractivity contribution < 1.29 is 73.8 Å². The first-order valence-corrected chi connectivity index (χ1v) is 20.1. The Bertz CT molecular complexity index is 955. The number of ether oxygens (including phenoxy) is 6. The first-order chi connectivity index (χ1) is 25.5. The number of carbonyl (C=O) groups excluding carboxylic acids is 2. The highest BCUT2D eigenvalue weighted by atomic mass is 16.7. The zero-order valence-corrected chi connectivity index (χ0v) is 32.0. The predicted octanol–water partition coefficient (Wildman–Crippen LogP) is 2.53. The molecule has 2 aliphatic rings. The number of aliphatic hydroxyl groups excluding tert-OH is 7. The molecule has 2 fully saturated rings. The van der Waals surface area contributed by atoms with E-state index in [2.05, 4.69) is 13.8 Å². The molecule has 0 saturated carbocycles. The summed E-state index contributed by atoms with van der Waals surface area (Å²) < 4.78 is 33.2. The molecule has 2 aliphatic heterocycles. The van der Waals surface area contributed by atoms with Gasteiger partial charge in [0.05, 0.1) is 19.8 Å². The lowest BCUT2D eigenvalue weighted by atomic mass is 9.98. The first kappa shape index (κ1) is 47.7. The summed E-state index contributed by atoms with van der Waals surface area (Å²) in [6, 6.07) is 0. The van der Waals surface area contributed by atoms with Crippen LogP contribution in [0.25, 0.3) is 0 Å². The Morgan fingerprint density at radius 3 is 1.47 bits per heavy atom. The summed E-state index contributed by atoms with van der Waals surface area (Å²) in [5.41, 5.74) is 0. The van der Waals surface area contributed by atoms with E-state index in [1.165, 1.54) is 51.4 Å². The molecule has 2 saturated heterocycles. The summed E-state index contributed by atoms with van der Waals surface area (Å²) in [6.07, 6.45) is 2.16. The lowest BCUT2D eigenvalue weighted by Crippen LogP contribution is -2.61. The molecule has 0 aromatic rings. The van der Waals surface area contributed by atoms with Gasteiger partial charge >= 0.3 is 11.9 Å². The Morgan fingerprint density at radius 1 is 0.528 bits per heavy atom. The molecule has 0 spiro atoms. The minimum atomic E-state index is -1.76. The summed E-state index contributed by atoms with van der Waals surface area (Å²) in [7, 11) is 0. The Morgan fingerprint density at radius 2 is 0.962 bits per heavy atom. The standard InChI is InChI=1S/C38H70O15/c1-3-5-7-9-10-11-12-13-14-15-17-19-21-30(41)51-26(23-48-29(40)20-18-16-8-6-4-2)24-49-37-36(47)34(45)32(43)28(53-37)25-50-38-35(46)33(44)31(42)27(22-39)52-38/h26-28,31-39,42-47H,3-25H2,1-2H3. The number of rotatable bonds is 29. The molecule has 2 rings (SSSR count). The van der Waals surface area contributed by atoms with Crippen molar-refractivity contribution in [3.63, 3.8) is 0 Å². The van der Waals surface area contributed by atoms with Crippen LogP contribution in [-0.2, 0) is 38.0 Å². The second kappa shape index (κ2) is 28.0. The SMILES string of the molecule is CCCCCCCCCCCCCCC(=O)OC(COC(=O)CCCCCCC)COC1OC(COC2OC(CO)C(O)C(O)C2O)C(O)C(O)C1O. The molecule has 11 unspecified atom stereocenters. The van der Waals surface area contributed by atoms with Gasteiger partial charge < -0.3 is 64.2 Å². The van der Waals surface area contributed by atoms with Crippen LogP contribution in [0.5, 0.6) is 0 Å². The normalized spacial score (nSPS) is 29.5. The van der Waals surface area contributed by atoms with Gasteiger partial charge in [0.1, 0.15) is 55.4 Å². The fourth-order valence-corrected chi connectivity index (χ4v) is 6.39. The largest absolute Gasteiger partial charge is 0.462 e. The Labute approximate surface area is 315 Å². The van der Waals surface area contributed by atoms with Gasteiger partial charge in [-0.2, -0.15) is 0 Å². The lowest BCUT2D eigenvalue weighted by Gasteiger charge is -2.42. The van der Waals surface area contributed by atoms with Crippen LogP contribution in [0.4, 0.5) is 0 Å². The van der Waals surface area contributed by atoms with Crippen LogP contribution in [0, 0.1) is 0 Å². The van der Waals surface area contributed by atoms with E-state index in [-0.39, 0.29) is 26.1 Å². The minimum Gasteiger partial charge on any atom is -0.462 e. The van der Waals surface area contributed by atoms with Crippen LogP contribution in [-0.4, -0.2) is 142 Å². The minimum absolute atomic E-state index is 0.171. The van der Waals surface area contributed by atoms with E-state index in [9.17, 15) is 45.3 Å². The lowest BCUT2D eigenvalue weighted by molar-refractivity contribution is -0.332.